The first kappa shape index (κ1) is 15.8. The zero-order valence-electron chi connectivity index (χ0n) is 10.9. The number of nitrogens with one attached hydrogen (secondary N) is 1. The van der Waals surface area contributed by atoms with E-state index in [2.05, 4.69) is 15.3 Å². The van der Waals surface area contributed by atoms with Crippen molar-refractivity contribution in [2.45, 2.75) is 6.42 Å². The molecule has 0 aliphatic carbocycles. The lowest BCUT2D eigenvalue weighted by atomic mass is 10.3. The standard InChI is InChI=1S/C12H11F2N3O2S2/c1-21(19)3-2-9(18)16-12-10(14)17-11(20-12)7-4-8(13)6-15-5-7/h4-6H,2-3H2,1H3,(H,16,18). The number of nitrogens with zero attached hydrogens (tertiary/aromatic N) is 2. The molecular formula is C12H11F2N3O2S2. The minimum atomic E-state index is -1.09. The zero-order chi connectivity index (χ0) is 15.4. The van der Waals surface area contributed by atoms with Gasteiger partial charge in [-0.25, -0.2) is 9.37 Å². The van der Waals surface area contributed by atoms with Crippen molar-refractivity contribution in [1.29, 1.82) is 0 Å². The fraction of sp³-hybridized carbons (Fsp3) is 0.250. The van der Waals surface area contributed by atoms with E-state index in [9.17, 15) is 18.1 Å². The van der Waals surface area contributed by atoms with E-state index in [0.29, 0.717) is 5.56 Å². The summed E-state index contributed by atoms with van der Waals surface area (Å²) in [6.45, 7) is 0. The number of rotatable bonds is 5. The van der Waals surface area contributed by atoms with Gasteiger partial charge in [0.15, 0.2) is 5.00 Å². The van der Waals surface area contributed by atoms with Gasteiger partial charge in [0.1, 0.15) is 16.6 Å². The Balaban J connectivity index is 2.11. The molecule has 0 spiro atoms. The monoisotopic (exact) mass is 331 g/mol. The van der Waals surface area contributed by atoms with Crippen LogP contribution in [-0.4, -0.2) is 32.4 Å². The third-order valence-corrected chi connectivity index (χ3v) is 4.18. The van der Waals surface area contributed by atoms with E-state index in [0.717, 1.165) is 17.5 Å². The molecule has 0 fully saturated rings. The van der Waals surface area contributed by atoms with Crippen LogP contribution in [-0.2, 0) is 16.0 Å². The van der Waals surface area contributed by atoms with Crippen LogP contribution in [0.15, 0.2) is 18.5 Å². The number of amides is 1. The number of aromatic nitrogens is 2. The Morgan fingerprint density at radius 2 is 2.24 bits per heavy atom. The second-order valence-electron chi connectivity index (χ2n) is 4.11. The first-order chi connectivity index (χ1) is 9.95. The Kier molecular flexibility index (Phi) is 5.21. The molecule has 1 atom stereocenters. The average molecular weight is 331 g/mol. The normalized spacial score (nSPS) is 12.2. The molecule has 0 aliphatic heterocycles. The van der Waals surface area contributed by atoms with Crippen LogP contribution in [0.2, 0.25) is 0 Å². The average Bonchev–Trinajstić information content (AvgIpc) is 2.78. The molecule has 1 amide bonds. The second-order valence-corrected chi connectivity index (χ2v) is 6.66. The number of carbonyl (C=O) groups excluding carboxylic acids is 1. The predicted octanol–water partition coefficient (Wildman–Crippen LogP) is 2.19. The zero-order valence-corrected chi connectivity index (χ0v) is 12.6. The molecule has 0 aromatic carbocycles. The molecule has 2 aromatic rings. The lowest BCUT2D eigenvalue weighted by Gasteiger charge is -2.04. The molecule has 0 aliphatic rings. The number of halogens is 2. The van der Waals surface area contributed by atoms with Gasteiger partial charge in [-0.3, -0.25) is 9.78 Å². The van der Waals surface area contributed by atoms with Gasteiger partial charge in [-0.1, -0.05) is 22.5 Å². The van der Waals surface area contributed by atoms with E-state index in [1.165, 1.54) is 18.5 Å². The number of anilines is 1. The summed E-state index contributed by atoms with van der Waals surface area (Å²) >= 11 is -0.210. The summed E-state index contributed by atoms with van der Waals surface area (Å²) < 4.78 is 37.6. The Morgan fingerprint density at radius 1 is 1.48 bits per heavy atom. The van der Waals surface area contributed by atoms with Crippen molar-refractivity contribution in [3.05, 3.63) is 30.2 Å². The quantitative estimate of drug-likeness (QED) is 0.852. The van der Waals surface area contributed by atoms with Crippen molar-refractivity contribution >= 4 is 33.4 Å². The summed E-state index contributed by atoms with van der Waals surface area (Å²) in [6, 6.07) is 1.18. The van der Waals surface area contributed by atoms with Gasteiger partial charge in [0.05, 0.1) is 18.9 Å². The van der Waals surface area contributed by atoms with Crippen molar-refractivity contribution in [1.82, 2.24) is 9.97 Å². The molecule has 5 nitrogen and oxygen atoms in total. The topological polar surface area (TPSA) is 77.9 Å². The largest absolute Gasteiger partial charge is 0.617 e. The van der Waals surface area contributed by atoms with E-state index in [1.54, 1.807) is 0 Å². The Hall–Kier alpha value is -1.58. The van der Waals surface area contributed by atoms with Gasteiger partial charge in [0.2, 0.25) is 11.9 Å². The highest BCUT2D eigenvalue weighted by molar-refractivity contribution is 7.90. The van der Waals surface area contributed by atoms with E-state index in [4.69, 9.17) is 0 Å². The van der Waals surface area contributed by atoms with Crippen molar-refractivity contribution in [2.75, 3.05) is 17.3 Å². The SMILES string of the molecule is C[S+]([O-])CCC(=O)Nc1sc(-c2cncc(F)c2)nc1F. The van der Waals surface area contributed by atoms with Crippen molar-refractivity contribution in [2.24, 2.45) is 0 Å². The van der Waals surface area contributed by atoms with Crippen LogP contribution in [0.25, 0.3) is 10.6 Å². The van der Waals surface area contributed by atoms with Gasteiger partial charge in [0, 0.05) is 11.8 Å². The molecule has 9 heteroatoms. The van der Waals surface area contributed by atoms with Gasteiger partial charge in [-0.2, -0.15) is 4.39 Å². The summed E-state index contributed by atoms with van der Waals surface area (Å²) in [5.41, 5.74) is 0.328. The second kappa shape index (κ2) is 6.92. The molecule has 0 saturated carbocycles. The lowest BCUT2D eigenvalue weighted by molar-refractivity contribution is -0.115. The Labute approximate surface area is 126 Å². The van der Waals surface area contributed by atoms with Gasteiger partial charge in [-0.05, 0) is 6.07 Å². The van der Waals surface area contributed by atoms with Gasteiger partial charge < -0.3 is 9.87 Å². The van der Waals surface area contributed by atoms with Crippen LogP contribution in [0.5, 0.6) is 0 Å². The predicted molar refractivity (Wildman–Crippen MR) is 77.4 cm³/mol. The van der Waals surface area contributed by atoms with Crippen LogP contribution >= 0.6 is 11.3 Å². The molecule has 112 valence electrons. The highest BCUT2D eigenvalue weighted by Crippen LogP contribution is 2.31. The van der Waals surface area contributed by atoms with Crippen LogP contribution in [0.4, 0.5) is 13.8 Å². The third-order valence-electron chi connectivity index (χ3n) is 2.41. The van der Waals surface area contributed by atoms with Crippen molar-refractivity contribution in [3.63, 3.8) is 0 Å². The molecule has 1 N–H and O–H groups in total. The molecule has 1 unspecified atom stereocenters. The Bertz CT molecular complexity index is 649. The maximum Gasteiger partial charge on any atom is 0.248 e. The van der Waals surface area contributed by atoms with E-state index >= 15 is 0 Å². The summed E-state index contributed by atoms with van der Waals surface area (Å²) in [6.07, 6.45) is 3.89. The maximum atomic E-state index is 13.7. The minimum Gasteiger partial charge on any atom is -0.617 e. The minimum absolute atomic E-state index is 0.0251. The summed E-state index contributed by atoms with van der Waals surface area (Å²) in [5, 5.41) is 2.53. The number of pyridine rings is 1. The first-order valence-electron chi connectivity index (χ1n) is 5.83. The Morgan fingerprint density at radius 3 is 2.90 bits per heavy atom. The summed E-state index contributed by atoms with van der Waals surface area (Å²) in [4.78, 5) is 18.9. The van der Waals surface area contributed by atoms with Gasteiger partial charge in [-0.15, -0.1) is 0 Å². The first-order valence-corrected chi connectivity index (χ1v) is 8.37. The number of hydrogen-bond acceptors (Lipinski definition) is 5. The highest BCUT2D eigenvalue weighted by atomic mass is 32.2. The van der Waals surface area contributed by atoms with E-state index in [1.807, 2.05) is 0 Å². The molecule has 0 radical (unpaired) electrons. The van der Waals surface area contributed by atoms with Gasteiger partial charge >= 0.3 is 0 Å². The third kappa shape index (κ3) is 4.45. The van der Waals surface area contributed by atoms with Gasteiger partial charge in [0.25, 0.3) is 0 Å². The number of carbonyl (C=O) groups is 1. The number of thiazole rings is 1. The molecule has 2 rings (SSSR count). The maximum absolute atomic E-state index is 13.7. The molecular weight excluding hydrogens is 320 g/mol. The van der Waals surface area contributed by atoms with Crippen molar-refractivity contribution in [3.8, 4) is 10.6 Å². The highest BCUT2D eigenvalue weighted by Gasteiger charge is 2.16. The van der Waals surface area contributed by atoms with E-state index < -0.39 is 28.8 Å². The van der Waals surface area contributed by atoms with Crippen LogP contribution < -0.4 is 5.32 Å². The van der Waals surface area contributed by atoms with E-state index in [-0.39, 0.29) is 22.2 Å². The fourth-order valence-electron chi connectivity index (χ4n) is 1.46. The molecule has 0 saturated heterocycles. The fourth-order valence-corrected chi connectivity index (χ4v) is 2.77. The summed E-state index contributed by atoms with van der Waals surface area (Å²) in [7, 11) is 0. The lowest BCUT2D eigenvalue weighted by Crippen LogP contribution is -2.16. The van der Waals surface area contributed by atoms with Crippen LogP contribution in [0.1, 0.15) is 6.42 Å². The molecule has 0 bridgehead atoms. The van der Waals surface area contributed by atoms with Crippen molar-refractivity contribution < 1.29 is 18.1 Å². The molecule has 2 heterocycles. The van der Waals surface area contributed by atoms with Crippen LogP contribution in [0.3, 0.4) is 0 Å². The summed E-state index contributed by atoms with van der Waals surface area (Å²) in [5.74, 6) is -1.64. The van der Waals surface area contributed by atoms with Crippen LogP contribution in [0, 0.1) is 11.8 Å². The molecule has 21 heavy (non-hydrogen) atoms. The smallest absolute Gasteiger partial charge is 0.248 e. The molecule has 2 aromatic heterocycles. The number of hydrogen-bond donors (Lipinski definition) is 1.